The van der Waals surface area contributed by atoms with Crippen LogP contribution in [-0.4, -0.2) is 21.0 Å². The molecule has 4 nitrogen and oxygen atoms in total. The van der Waals surface area contributed by atoms with Crippen LogP contribution in [0.4, 0.5) is 0 Å². The Balaban J connectivity index is 2.78. The number of carbonyl (C=O) groups is 1. The average molecular weight is 252 g/mol. The lowest BCUT2D eigenvalue weighted by molar-refractivity contribution is 0.0697. The van der Waals surface area contributed by atoms with Gasteiger partial charge in [0.25, 0.3) is 0 Å². The van der Waals surface area contributed by atoms with Crippen molar-refractivity contribution in [3.8, 4) is 23.5 Å². The van der Waals surface area contributed by atoms with Gasteiger partial charge in [-0.2, -0.15) is 0 Å². The molecule has 0 aromatic carbocycles. The lowest BCUT2D eigenvalue weighted by Gasteiger charge is -2.10. The number of aromatic carboxylic acids is 1. The lowest BCUT2D eigenvalue weighted by Crippen LogP contribution is -2.03. The van der Waals surface area contributed by atoms with Gasteiger partial charge >= 0.3 is 5.97 Å². The number of carboxylic acid groups (broad SMARTS) is 1. The third-order valence-electron chi connectivity index (χ3n) is 2.76. The van der Waals surface area contributed by atoms with Crippen LogP contribution >= 0.6 is 0 Å². The zero-order valence-corrected chi connectivity index (χ0v) is 10.6. The van der Waals surface area contributed by atoms with Gasteiger partial charge in [0.1, 0.15) is 0 Å². The van der Waals surface area contributed by atoms with Crippen LogP contribution in [0.2, 0.25) is 0 Å². The predicted molar refractivity (Wildman–Crippen MR) is 71.8 cm³/mol. The van der Waals surface area contributed by atoms with Crippen molar-refractivity contribution in [1.82, 2.24) is 9.97 Å². The molecule has 2 aromatic heterocycles. The molecule has 0 atom stereocenters. The predicted octanol–water partition coefficient (Wildman–Crippen LogP) is 2.44. The highest BCUT2D eigenvalue weighted by Gasteiger charge is 2.15. The molecule has 0 unspecified atom stereocenters. The maximum absolute atomic E-state index is 11.3. The van der Waals surface area contributed by atoms with Crippen LogP contribution in [0, 0.1) is 26.2 Å². The van der Waals surface area contributed by atoms with Gasteiger partial charge in [-0.15, -0.1) is 6.42 Å². The van der Waals surface area contributed by atoms with E-state index in [-0.39, 0.29) is 5.56 Å². The van der Waals surface area contributed by atoms with Gasteiger partial charge in [-0.1, -0.05) is 5.92 Å². The number of aryl methyl sites for hydroxylation is 2. The second kappa shape index (κ2) is 4.91. The molecule has 0 spiro atoms. The molecule has 2 rings (SSSR count). The number of aromatic nitrogens is 2. The summed E-state index contributed by atoms with van der Waals surface area (Å²) in [7, 11) is 0. The zero-order chi connectivity index (χ0) is 14.0. The fraction of sp³-hybridized carbons (Fsp3) is 0.133. The van der Waals surface area contributed by atoms with Crippen molar-refractivity contribution in [3.05, 3.63) is 47.0 Å². The lowest BCUT2D eigenvalue weighted by atomic mass is 9.97. The normalized spacial score (nSPS) is 9.95. The SMILES string of the molecule is C#Cc1cnc(C)cc1-c1cc(C)ncc1C(=O)O. The fourth-order valence-corrected chi connectivity index (χ4v) is 1.85. The molecule has 2 aromatic rings. The van der Waals surface area contributed by atoms with Crippen LogP contribution in [0.5, 0.6) is 0 Å². The molecular formula is C15H12N2O2. The first-order chi connectivity index (χ1) is 9.02. The minimum absolute atomic E-state index is 0.132. The van der Waals surface area contributed by atoms with Gasteiger partial charge < -0.3 is 5.11 Å². The number of rotatable bonds is 2. The van der Waals surface area contributed by atoms with E-state index in [0.29, 0.717) is 16.7 Å². The van der Waals surface area contributed by atoms with Crippen molar-refractivity contribution in [2.24, 2.45) is 0 Å². The van der Waals surface area contributed by atoms with Gasteiger partial charge in [0.15, 0.2) is 0 Å². The summed E-state index contributed by atoms with van der Waals surface area (Å²) in [6.45, 7) is 3.64. The van der Waals surface area contributed by atoms with Crippen molar-refractivity contribution < 1.29 is 9.90 Å². The van der Waals surface area contributed by atoms with Gasteiger partial charge in [-0.05, 0) is 26.0 Å². The van der Waals surface area contributed by atoms with E-state index >= 15 is 0 Å². The van der Waals surface area contributed by atoms with E-state index < -0.39 is 5.97 Å². The standard InChI is InChI=1S/C15H12N2O2/c1-4-11-7-16-9(2)5-12(11)13-6-10(3)17-8-14(13)15(18)19/h1,5-8H,2-3H3,(H,18,19). The number of nitrogens with zero attached hydrogens (tertiary/aromatic N) is 2. The highest BCUT2D eigenvalue weighted by atomic mass is 16.4. The Hall–Kier alpha value is -2.67. The second-order valence-electron chi connectivity index (χ2n) is 4.19. The monoisotopic (exact) mass is 252 g/mol. The number of pyridine rings is 2. The molecule has 1 N–H and O–H groups in total. The van der Waals surface area contributed by atoms with E-state index in [1.54, 1.807) is 25.3 Å². The molecule has 0 aliphatic rings. The Labute approximate surface area is 111 Å². The highest BCUT2D eigenvalue weighted by molar-refractivity contribution is 5.96. The molecule has 0 saturated carbocycles. The van der Waals surface area contributed by atoms with Gasteiger partial charge in [0, 0.05) is 34.9 Å². The quantitative estimate of drug-likeness (QED) is 0.834. The van der Waals surface area contributed by atoms with Crippen LogP contribution in [0.25, 0.3) is 11.1 Å². The van der Waals surface area contributed by atoms with Crippen LogP contribution < -0.4 is 0 Å². The molecule has 94 valence electrons. The maximum atomic E-state index is 11.3. The van der Waals surface area contributed by atoms with E-state index in [0.717, 1.165) is 11.4 Å². The Morgan fingerprint density at radius 1 is 1.16 bits per heavy atom. The first kappa shape index (κ1) is 12.8. The summed E-state index contributed by atoms with van der Waals surface area (Å²) in [6.07, 6.45) is 8.37. The Morgan fingerprint density at radius 2 is 1.74 bits per heavy atom. The van der Waals surface area contributed by atoms with Crippen molar-refractivity contribution >= 4 is 5.97 Å². The summed E-state index contributed by atoms with van der Waals surface area (Å²) < 4.78 is 0. The van der Waals surface area contributed by atoms with Crippen molar-refractivity contribution in [3.63, 3.8) is 0 Å². The van der Waals surface area contributed by atoms with Gasteiger partial charge in [-0.25, -0.2) is 4.79 Å². The van der Waals surface area contributed by atoms with E-state index in [1.165, 1.54) is 6.20 Å². The smallest absolute Gasteiger partial charge is 0.337 e. The minimum atomic E-state index is -1.03. The summed E-state index contributed by atoms with van der Waals surface area (Å²) in [5.41, 5.74) is 3.47. The number of terminal acetylenes is 1. The van der Waals surface area contributed by atoms with E-state index in [4.69, 9.17) is 6.42 Å². The summed E-state index contributed by atoms with van der Waals surface area (Å²) in [6, 6.07) is 3.51. The van der Waals surface area contributed by atoms with Crippen LogP contribution in [0.3, 0.4) is 0 Å². The zero-order valence-electron chi connectivity index (χ0n) is 10.6. The van der Waals surface area contributed by atoms with Crippen molar-refractivity contribution in [2.75, 3.05) is 0 Å². The molecule has 0 bridgehead atoms. The van der Waals surface area contributed by atoms with E-state index in [2.05, 4.69) is 15.9 Å². The van der Waals surface area contributed by atoms with Crippen LogP contribution in [0.15, 0.2) is 24.5 Å². The molecule has 0 aliphatic heterocycles. The highest BCUT2D eigenvalue weighted by Crippen LogP contribution is 2.27. The second-order valence-corrected chi connectivity index (χ2v) is 4.19. The molecule has 0 amide bonds. The first-order valence-electron chi connectivity index (χ1n) is 5.66. The molecule has 2 heterocycles. The Morgan fingerprint density at radius 3 is 2.32 bits per heavy atom. The first-order valence-corrected chi connectivity index (χ1v) is 5.66. The molecule has 0 saturated heterocycles. The molecule has 4 heteroatoms. The Kier molecular flexibility index (Phi) is 3.30. The summed E-state index contributed by atoms with van der Waals surface area (Å²) in [4.78, 5) is 19.4. The fourth-order valence-electron chi connectivity index (χ4n) is 1.85. The largest absolute Gasteiger partial charge is 0.478 e. The Bertz CT molecular complexity index is 700. The van der Waals surface area contributed by atoms with Gasteiger partial charge in [0.2, 0.25) is 0 Å². The number of carboxylic acids is 1. The molecule has 19 heavy (non-hydrogen) atoms. The van der Waals surface area contributed by atoms with Crippen LogP contribution in [-0.2, 0) is 0 Å². The summed E-state index contributed by atoms with van der Waals surface area (Å²) in [5, 5.41) is 9.24. The molecule has 0 radical (unpaired) electrons. The third-order valence-corrected chi connectivity index (χ3v) is 2.76. The summed E-state index contributed by atoms with van der Waals surface area (Å²) in [5.74, 6) is 1.50. The van der Waals surface area contributed by atoms with E-state index in [1.807, 2.05) is 6.92 Å². The van der Waals surface area contributed by atoms with Gasteiger partial charge in [-0.3, -0.25) is 9.97 Å². The van der Waals surface area contributed by atoms with Crippen molar-refractivity contribution in [1.29, 1.82) is 0 Å². The van der Waals surface area contributed by atoms with Crippen molar-refractivity contribution in [2.45, 2.75) is 13.8 Å². The van der Waals surface area contributed by atoms with Crippen LogP contribution in [0.1, 0.15) is 27.3 Å². The molecular weight excluding hydrogens is 240 g/mol. The number of hydrogen-bond donors (Lipinski definition) is 1. The van der Waals surface area contributed by atoms with Gasteiger partial charge in [0.05, 0.1) is 11.1 Å². The average Bonchev–Trinajstić information content (AvgIpc) is 2.38. The maximum Gasteiger partial charge on any atom is 0.337 e. The molecule has 0 fully saturated rings. The number of hydrogen-bond acceptors (Lipinski definition) is 3. The molecule has 0 aliphatic carbocycles. The summed E-state index contributed by atoms with van der Waals surface area (Å²) >= 11 is 0. The topological polar surface area (TPSA) is 63.1 Å². The minimum Gasteiger partial charge on any atom is -0.478 e. The third kappa shape index (κ3) is 2.45. The van der Waals surface area contributed by atoms with E-state index in [9.17, 15) is 9.90 Å².